The van der Waals surface area contributed by atoms with Crippen molar-refractivity contribution in [1.82, 2.24) is 0 Å². The largest absolute Gasteiger partial charge is 0.0654 e. The number of unbranched alkanes of at least 4 members (excludes halogenated alkanes) is 3. The predicted octanol–water partition coefficient (Wildman–Crippen LogP) is 8.29. The molecule has 0 saturated heterocycles. The van der Waals surface area contributed by atoms with Crippen LogP contribution in [0.4, 0.5) is 0 Å². The first-order valence-electron chi connectivity index (χ1n) is 11.9. The minimum atomic E-state index is 0.772. The standard InChI is InChI=1S/C24H44/c1-2-3-4-12-19-24(22-16-9-6-10-17-22)20-13-11-18-23(24)21-14-7-5-8-15-21/h21-23H,2-20H2,1H3. The van der Waals surface area contributed by atoms with Crippen molar-refractivity contribution in [1.29, 1.82) is 0 Å². The van der Waals surface area contributed by atoms with E-state index in [1.54, 1.807) is 70.6 Å². The SMILES string of the molecule is CCCCCCC1(C2CCCCC2)CCCCC1C1CCCCC1. The molecule has 0 bridgehead atoms. The first kappa shape index (κ1) is 18.8. The molecule has 140 valence electrons. The third-order valence-corrected chi connectivity index (χ3v) is 8.28. The number of hydrogen-bond donors (Lipinski definition) is 0. The average Bonchev–Trinajstić information content (AvgIpc) is 2.67. The van der Waals surface area contributed by atoms with Crippen molar-refractivity contribution >= 4 is 0 Å². The maximum Gasteiger partial charge on any atom is -0.0238 e. The van der Waals surface area contributed by atoms with Crippen LogP contribution in [0.1, 0.15) is 129 Å². The lowest BCUT2D eigenvalue weighted by Crippen LogP contribution is -2.45. The highest BCUT2D eigenvalue weighted by molar-refractivity contribution is 4.98. The van der Waals surface area contributed by atoms with Gasteiger partial charge in [0, 0.05) is 0 Å². The summed E-state index contributed by atoms with van der Waals surface area (Å²) in [4.78, 5) is 0. The van der Waals surface area contributed by atoms with Gasteiger partial charge in [0.05, 0.1) is 0 Å². The quantitative estimate of drug-likeness (QED) is 0.411. The smallest absolute Gasteiger partial charge is 0.0238 e. The summed E-state index contributed by atoms with van der Waals surface area (Å²) < 4.78 is 0. The van der Waals surface area contributed by atoms with Crippen molar-refractivity contribution in [2.45, 2.75) is 129 Å². The number of rotatable bonds is 7. The zero-order valence-corrected chi connectivity index (χ0v) is 16.7. The summed E-state index contributed by atoms with van der Waals surface area (Å²) in [5, 5.41) is 0. The molecule has 3 saturated carbocycles. The molecule has 3 aliphatic rings. The normalized spacial score (nSPS) is 33.6. The van der Waals surface area contributed by atoms with Gasteiger partial charge >= 0.3 is 0 Å². The first-order valence-corrected chi connectivity index (χ1v) is 11.9. The highest BCUT2D eigenvalue weighted by atomic mass is 14.5. The van der Waals surface area contributed by atoms with Crippen LogP contribution >= 0.6 is 0 Å². The molecule has 2 atom stereocenters. The van der Waals surface area contributed by atoms with Crippen molar-refractivity contribution in [3.05, 3.63) is 0 Å². The van der Waals surface area contributed by atoms with Gasteiger partial charge in [-0.25, -0.2) is 0 Å². The van der Waals surface area contributed by atoms with Gasteiger partial charge < -0.3 is 0 Å². The summed E-state index contributed by atoms with van der Waals surface area (Å²) >= 11 is 0. The summed E-state index contributed by atoms with van der Waals surface area (Å²) in [5.74, 6) is 3.31. The lowest BCUT2D eigenvalue weighted by atomic mass is 9.51. The Labute approximate surface area is 152 Å². The monoisotopic (exact) mass is 332 g/mol. The Hall–Kier alpha value is 0. The van der Waals surface area contributed by atoms with Crippen molar-refractivity contribution in [2.75, 3.05) is 0 Å². The maximum absolute atomic E-state index is 2.36. The van der Waals surface area contributed by atoms with Crippen LogP contribution in [0.3, 0.4) is 0 Å². The van der Waals surface area contributed by atoms with E-state index < -0.39 is 0 Å². The summed E-state index contributed by atoms with van der Waals surface area (Å²) in [7, 11) is 0. The molecule has 3 rings (SSSR count). The Morgan fingerprint density at radius 3 is 2.04 bits per heavy atom. The van der Waals surface area contributed by atoms with E-state index in [0.717, 1.165) is 23.2 Å². The Bertz CT molecular complexity index is 334. The number of hydrogen-bond acceptors (Lipinski definition) is 0. The van der Waals surface area contributed by atoms with E-state index >= 15 is 0 Å². The summed E-state index contributed by atoms with van der Waals surface area (Å²) in [6.07, 6.45) is 29.3. The minimum Gasteiger partial charge on any atom is -0.0654 e. The van der Waals surface area contributed by atoms with E-state index in [2.05, 4.69) is 6.92 Å². The van der Waals surface area contributed by atoms with E-state index in [9.17, 15) is 0 Å². The first-order chi connectivity index (χ1) is 11.9. The van der Waals surface area contributed by atoms with Gasteiger partial charge in [-0.15, -0.1) is 0 Å². The molecule has 0 heteroatoms. The van der Waals surface area contributed by atoms with Crippen molar-refractivity contribution < 1.29 is 0 Å². The maximum atomic E-state index is 2.36. The predicted molar refractivity (Wildman–Crippen MR) is 106 cm³/mol. The highest BCUT2D eigenvalue weighted by Crippen LogP contribution is 2.58. The second kappa shape index (κ2) is 9.63. The molecule has 0 nitrogen and oxygen atoms in total. The molecule has 0 aromatic rings. The third-order valence-electron chi connectivity index (χ3n) is 8.28. The van der Waals surface area contributed by atoms with Gasteiger partial charge in [0.25, 0.3) is 0 Å². The molecule has 0 radical (unpaired) electrons. The van der Waals surface area contributed by atoms with E-state index in [-0.39, 0.29) is 0 Å². The fourth-order valence-corrected chi connectivity index (χ4v) is 7.11. The molecular formula is C24H44. The van der Waals surface area contributed by atoms with Crippen LogP contribution in [0.25, 0.3) is 0 Å². The van der Waals surface area contributed by atoms with Crippen LogP contribution in [-0.2, 0) is 0 Å². The Balaban J connectivity index is 1.75. The fraction of sp³-hybridized carbons (Fsp3) is 1.00. The van der Waals surface area contributed by atoms with Gasteiger partial charge in [0.2, 0.25) is 0 Å². The molecule has 3 aliphatic carbocycles. The molecule has 0 amide bonds. The Morgan fingerprint density at radius 2 is 1.33 bits per heavy atom. The van der Waals surface area contributed by atoms with Crippen LogP contribution in [0, 0.1) is 23.2 Å². The van der Waals surface area contributed by atoms with Gasteiger partial charge in [-0.2, -0.15) is 0 Å². The highest BCUT2D eigenvalue weighted by Gasteiger charge is 2.48. The van der Waals surface area contributed by atoms with Gasteiger partial charge in [-0.05, 0) is 55.3 Å². The van der Waals surface area contributed by atoms with Crippen molar-refractivity contribution in [3.8, 4) is 0 Å². The van der Waals surface area contributed by atoms with Crippen LogP contribution in [-0.4, -0.2) is 0 Å². The van der Waals surface area contributed by atoms with E-state index in [1.807, 2.05) is 0 Å². The van der Waals surface area contributed by atoms with E-state index in [4.69, 9.17) is 0 Å². The second-order valence-electron chi connectivity index (χ2n) is 9.63. The van der Waals surface area contributed by atoms with Crippen LogP contribution in [0.5, 0.6) is 0 Å². The molecule has 0 aromatic heterocycles. The van der Waals surface area contributed by atoms with Gasteiger partial charge in [0.15, 0.2) is 0 Å². The topological polar surface area (TPSA) is 0 Å². The van der Waals surface area contributed by atoms with Crippen LogP contribution < -0.4 is 0 Å². The average molecular weight is 333 g/mol. The summed E-state index contributed by atoms with van der Waals surface area (Å²) in [6, 6.07) is 0. The zero-order valence-electron chi connectivity index (χ0n) is 16.7. The Morgan fingerprint density at radius 1 is 0.667 bits per heavy atom. The molecule has 0 heterocycles. The molecule has 2 unspecified atom stereocenters. The molecular weight excluding hydrogens is 288 g/mol. The van der Waals surface area contributed by atoms with Gasteiger partial charge in [-0.3, -0.25) is 0 Å². The van der Waals surface area contributed by atoms with Crippen molar-refractivity contribution in [3.63, 3.8) is 0 Å². The zero-order chi connectivity index (χ0) is 16.7. The molecule has 0 aromatic carbocycles. The lowest BCUT2D eigenvalue weighted by Gasteiger charge is -2.54. The lowest BCUT2D eigenvalue weighted by molar-refractivity contribution is -0.0430. The van der Waals surface area contributed by atoms with Crippen molar-refractivity contribution in [2.24, 2.45) is 23.2 Å². The molecule has 0 N–H and O–H groups in total. The second-order valence-corrected chi connectivity index (χ2v) is 9.63. The Kier molecular flexibility index (Phi) is 7.54. The molecule has 3 fully saturated rings. The third kappa shape index (κ3) is 4.39. The fourth-order valence-electron chi connectivity index (χ4n) is 7.11. The minimum absolute atomic E-state index is 0.772. The molecule has 0 spiro atoms. The van der Waals surface area contributed by atoms with E-state index in [1.165, 1.54) is 51.4 Å². The summed E-state index contributed by atoms with van der Waals surface area (Å²) in [5.41, 5.74) is 0.772. The van der Waals surface area contributed by atoms with Gasteiger partial charge in [0.1, 0.15) is 0 Å². The molecule has 24 heavy (non-hydrogen) atoms. The van der Waals surface area contributed by atoms with E-state index in [0.29, 0.717) is 0 Å². The van der Waals surface area contributed by atoms with Gasteiger partial charge in [-0.1, -0.05) is 96.8 Å². The molecule has 0 aliphatic heterocycles. The van der Waals surface area contributed by atoms with Crippen LogP contribution in [0.2, 0.25) is 0 Å². The van der Waals surface area contributed by atoms with Crippen LogP contribution in [0.15, 0.2) is 0 Å². The summed E-state index contributed by atoms with van der Waals surface area (Å²) in [6.45, 7) is 2.36.